The van der Waals surface area contributed by atoms with Crippen molar-refractivity contribution in [2.75, 3.05) is 19.8 Å². The van der Waals surface area contributed by atoms with E-state index in [0.717, 1.165) is 34.0 Å². The number of hydrogen-bond acceptors (Lipinski definition) is 5. The molecule has 0 atom stereocenters. The number of carbonyl (C=O) groups excluding carboxylic acids is 1. The van der Waals surface area contributed by atoms with E-state index in [4.69, 9.17) is 14.8 Å². The van der Waals surface area contributed by atoms with Gasteiger partial charge in [-0.05, 0) is 26.0 Å². The van der Waals surface area contributed by atoms with Gasteiger partial charge in [-0.3, -0.25) is 4.79 Å². The topological polar surface area (TPSA) is 78.1 Å². The summed E-state index contributed by atoms with van der Waals surface area (Å²) >= 11 is 0. The molecular weight excluding hydrogens is 344 g/mol. The van der Waals surface area contributed by atoms with Crippen LogP contribution in [-0.2, 0) is 22.6 Å². The van der Waals surface area contributed by atoms with Crippen molar-refractivity contribution in [1.82, 2.24) is 29.2 Å². The molecule has 0 unspecified atom stereocenters. The number of benzene rings is 1. The number of ether oxygens (including phenoxy) is 1. The Morgan fingerprint density at radius 3 is 3.00 bits per heavy atom. The molecule has 0 N–H and O–H groups in total. The summed E-state index contributed by atoms with van der Waals surface area (Å²) in [7, 11) is 0. The van der Waals surface area contributed by atoms with E-state index in [-0.39, 0.29) is 12.5 Å². The zero-order chi connectivity index (χ0) is 18.5. The molecule has 8 heteroatoms. The summed E-state index contributed by atoms with van der Waals surface area (Å²) in [6.45, 7) is 6.34. The number of fused-ring (bicyclic) bond motifs is 5. The number of aryl methyl sites for hydroxylation is 2. The maximum absolute atomic E-state index is 12.0. The third-order valence-corrected chi connectivity index (χ3v) is 5.16. The predicted molar refractivity (Wildman–Crippen MR) is 97.4 cm³/mol. The van der Waals surface area contributed by atoms with Crippen LogP contribution in [0, 0.1) is 13.8 Å². The Morgan fingerprint density at radius 1 is 1.26 bits per heavy atom. The van der Waals surface area contributed by atoms with Crippen LogP contribution < -0.4 is 0 Å². The van der Waals surface area contributed by atoms with Crippen LogP contribution in [0.2, 0.25) is 0 Å². The first-order chi connectivity index (χ1) is 13.1. The number of hydrogen-bond donors (Lipinski definition) is 0. The zero-order valence-corrected chi connectivity index (χ0v) is 15.3. The lowest BCUT2D eigenvalue weighted by Gasteiger charge is -2.25. The molecule has 0 saturated carbocycles. The maximum atomic E-state index is 12.0. The monoisotopic (exact) mass is 364 g/mol. The summed E-state index contributed by atoms with van der Waals surface area (Å²) in [5.74, 6) is 1.46. The lowest BCUT2D eigenvalue weighted by atomic mass is 10.1. The van der Waals surface area contributed by atoms with Crippen LogP contribution >= 0.6 is 0 Å². The molecule has 2 aromatic heterocycles. The van der Waals surface area contributed by atoms with E-state index in [1.807, 2.05) is 17.9 Å². The lowest BCUT2D eigenvalue weighted by molar-refractivity contribution is -0.143. The number of carbonyl (C=O) groups is 1. The lowest BCUT2D eigenvalue weighted by Crippen LogP contribution is -2.41. The molecule has 2 aliphatic heterocycles. The van der Waals surface area contributed by atoms with Crippen molar-refractivity contribution < 1.29 is 9.53 Å². The Hall–Kier alpha value is -3.00. The third kappa shape index (κ3) is 2.64. The second kappa shape index (κ2) is 6.02. The summed E-state index contributed by atoms with van der Waals surface area (Å²) < 4.78 is 9.24. The quantitative estimate of drug-likeness (QED) is 0.538. The second-order valence-electron chi connectivity index (χ2n) is 7.04. The molecular formula is C19H20N6O2. The number of rotatable bonds is 2. The highest BCUT2D eigenvalue weighted by Gasteiger charge is 2.26. The fraction of sp³-hybridized carbons (Fsp3) is 0.368. The fourth-order valence-electron chi connectivity index (χ4n) is 3.70. The fourth-order valence-corrected chi connectivity index (χ4v) is 3.70. The highest BCUT2D eigenvalue weighted by atomic mass is 16.5. The van der Waals surface area contributed by atoms with Crippen molar-refractivity contribution in [1.29, 1.82) is 0 Å². The van der Waals surface area contributed by atoms with Crippen molar-refractivity contribution in [3.63, 3.8) is 0 Å². The van der Waals surface area contributed by atoms with Gasteiger partial charge >= 0.3 is 0 Å². The highest BCUT2D eigenvalue weighted by Crippen LogP contribution is 2.32. The molecule has 2 aliphatic rings. The molecule has 138 valence electrons. The zero-order valence-electron chi connectivity index (χ0n) is 15.3. The van der Waals surface area contributed by atoms with Gasteiger partial charge < -0.3 is 14.2 Å². The molecule has 3 aromatic rings. The van der Waals surface area contributed by atoms with Gasteiger partial charge in [-0.25, -0.2) is 14.6 Å². The standard InChI is InChI=1S/C19H20N6O2/c1-12-3-4-15-14(7-12)19-21-17(9-23-5-6-27-10-18(23)26)22-25(19)8-16-13(2)20-11-24(15)16/h3-4,7,11H,5-6,8-10H2,1-2H3. The number of nitrogens with zero attached hydrogens (tertiary/aromatic N) is 6. The Balaban J connectivity index is 1.60. The number of aromatic nitrogens is 5. The molecule has 0 aliphatic carbocycles. The smallest absolute Gasteiger partial charge is 0.249 e. The van der Waals surface area contributed by atoms with Gasteiger partial charge in [-0.2, -0.15) is 5.10 Å². The van der Waals surface area contributed by atoms with Crippen molar-refractivity contribution >= 4 is 5.91 Å². The molecule has 5 rings (SSSR count). The Morgan fingerprint density at radius 2 is 2.15 bits per heavy atom. The van der Waals surface area contributed by atoms with Gasteiger partial charge in [-0.1, -0.05) is 11.6 Å². The van der Waals surface area contributed by atoms with Gasteiger partial charge in [0.15, 0.2) is 11.6 Å². The van der Waals surface area contributed by atoms with E-state index in [0.29, 0.717) is 32.1 Å². The first-order valence-electron chi connectivity index (χ1n) is 9.03. The van der Waals surface area contributed by atoms with Gasteiger partial charge in [0, 0.05) is 12.1 Å². The SMILES string of the molecule is Cc1ccc2c(c1)-c1nc(CN3CCOCC3=O)nn1Cc1c(C)ncn1-2. The van der Waals surface area contributed by atoms with Crippen molar-refractivity contribution in [2.45, 2.75) is 26.9 Å². The number of amides is 1. The van der Waals surface area contributed by atoms with Crippen LogP contribution in [0.25, 0.3) is 17.1 Å². The Bertz CT molecular complexity index is 1050. The van der Waals surface area contributed by atoms with Gasteiger partial charge in [-0.15, -0.1) is 0 Å². The summed E-state index contributed by atoms with van der Waals surface area (Å²) in [5.41, 5.74) is 5.32. The van der Waals surface area contributed by atoms with Crippen molar-refractivity contribution in [3.05, 3.63) is 47.3 Å². The van der Waals surface area contributed by atoms with E-state index in [1.54, 1.807) is 4.90 Å². The van der Waals surface area contributed by atoms with Crippen molar-refractivity contribution in [3.8, 4) is 17.1 Å². The second-order valence-corrected chi connectivity index (χ2v) is 7.04. The average molecular weight is 364 g/mol. The molecule has 8 nitrogen and oxygen atoms in total. The number of imidazole rings is 1. The van der Waals surface area contributed by atoms with Crippen LogP contribution in [0.3, 0.4) is 0 Å². The van der Waals surface area contributed by atoms with Crippen LogP contribution in [0.1, 0.15) is 22.8 Å². The van der Waals surface area contributed by atoms with Gasteiger partial charge in [0.1, 0.15) is 6.61 Å². The minimum absolute atomic E-state index is 0.0172. The Kier molecular flexibility index (Phi) is 3.61. The normalized spacial score (nSPS) is 15.9. The molecule has 1 saturated heterocycles. The van der Waals surface area contributed by atoms with Gasteiger partial charge in [0.05, 0.1) is 43.1 Å². The molecule has 27 heavy (non-hydrogen) atoms. The summed E-state index contributed by atoms with van der Waals surface area (Å²) in [4.78, 5) is 23.1. The van der Waals surface area contributed by atoms with E-state index in [9.17, 15) is 4.79 Å². The van der Waals surface area contributed by atoms with Crippen LogP contribution in [0.15, 0.2) is 24.5 Å². The summed E-state index contributed by atoms with van der Waals surface area (Å²) in [5, 5.41) is 4.72. The molecule has 1 fully saturated rings. The minimum Gasteiger partial charge on any atom is -0.370 e. The largest absolute Gasteiger partial charge is 0.370 e. The van der Waals surface area contributed by atoms with E-state index in [1.165, 1.54) is 0 Å². The van der Waals surface area contributed by atoms with Gasteiger partial charge in [0.2, 0.25) is 5.91 Å². The van der Waals surface area contributed by atoms with Gasteiger partial charge in [0.25, 0.3) is 0 Å². The molecule has 1 amide bonds. The maximum Gasteiger partial charge on any atom is 0.249 e. The summed E-state index contributed by atoms with van der Waals surface area (Å²) in [6.07, 6.45) is 1.86. The molecule has 0 radical (unpaired) electrons. The van der Waals surface area contributed by atoms with E-state index < -0.39 is 0 Å². The molecule has 0 spiro atoms. The number of morpholine rings is 1. The molecule has 0 bridgehead atoms. The third-order valence-electron chi connectivity index (χ3n) is 5.16. The summed E-state index contributed by atoms with van der Waals surface area (Å²) in [6, 6.07) is 6.33. The first kappa shape index (κ1) is 16.2. The van der Waals surface area contributed by atoms with E-state index in [2.05, 4.69) is 34.7 Å². The average Bonchev–Trinajstić information content (AvgIpc) is 3.18. The van der Waals surface area contributed by atoms with Crippen LogP contribution in [-0.4, -0.2) is 54.9 Å². The van der Waals surface area contributed by atoms with E-state index >= 15 is 0 Å². The van der Waals surface area contributed by atoms with Crippen LogP contribution in [0.4, 0.5) is 0 Å². The minimum atomic E-state index is -0.0172. The molecule has 4 heterocycles. The van der Waals surface area contributed by atoms with Crippen molar-refractivity contribution in [2.24, 2.45) is 0 Å². The first-order valence-corrected chi connectivity index (χ1v) is 9.03. The Labute approximate surface area is 156 Å². The highest BCUT2D eigenvalue weighted by molar-refractivity contribution is 5.78. The predicted octanol–water partition coefficient (Wildman–Crippen LogP) is 1.47. The van der Waals surface area contributed by atoms with Crippen LogP contribution in [0.5, 0.6) is 0 Å². The molecule has 1 aromatic carbocycles.